The summed E-state index contributed by atoms with van der Waals surface area (Å²) < 4.78 is 4.24. The minimum Gasteiger partial charge on any atom is -0.389 e. The van der Waals surface area contributed by atoms with Crippen LogP contribution in [0.2, 0.25) is 0 Å². The molecule has 0 fully saturated rings. The molecule has 0 aliphatic carbocycles. The fourth-order valence-corrected chi connectivity index (χ4v) is 3.42. The largest absolute Gasteiger partial charge is 0.389 e. The summed E-state index contributed by atoms with van der Waals surface area (Å²) in [6.45, 7) is 5.14. The van der Waals surface area contributed by atoms with Crippen LogP contribution in [0.25, 0.3) is 21.8 Å². The van der Waals surface area contributed by atoms with Crippen LogP contribution in [0.4, 0.5) is 0 Å². The van der Waals surface area contributed by atoms with Gasteiger partial charge in [0.1, 0.15) is 0 Å². The summed E-state index contributed by atoms with van der Waals surface area (Å²) in [6.07, 6.45) is 1.33. The van der Waals surface area contributed by atoms with E-state index in [1.165, 1.54) is 10.8 Å². The predicted molar refractivity (Wildman–Crippen MR) is 97.2 cm³/mol. The summed E-state index contributed by atoms with van der Waals surface area (Å²) in [5, 5.41) is 13.1. The van der Waals surface area contributed by atoms with Crippen molar-refractivity contribution >= 4 is 21.8 Å². The molecule has 0 saturated carbocycles. The zero-order chi connectivity index (χ0) is 16.7. The molecule has 4 rings (SSSR count). The molecule has 0 aliphatic rings. The summed E-state index contributed by atoms with van der Waals surface area (Å²) in [5.41, 5.74) is 4.45. The average molecular weight is 319 g/mol. The average Bonchev–Trinajstić information content (AvgIpc) is 3.08. The number of aromatic nitrogens is 3. The summed E-state index contributed by atoms with van der Waals surface area (Å²) in [4.78, 5) is 4.31. The molecule has 0 spiro atoms. The highest BCUT2D eigenvalue weighted by molar-refractivity contribution is 6.07. The van der Waals surface area contributed by atoms with Gasteiger partial charge in [-0.2, -0.15) is 0 Å². The van der Waals surface area contributed by atoms with Crippen LogP contribution in [0.3, 0.4) is 0 Å². The van der Waals surface area contributed by atoms with Crippen LogP contribution >= 0.6 is 0 Å². The van der Waals surface area contributed by atoms with Crippen molar-refractivity contribution in [1.82, 2.24) is 14.1 Å². The maximum Gasteiger partial charge on any atom is 0.0952 e. The highest BCUT2D eigenvalue weighted by Crippen LogP contribution is 2.28. The number of hydrogen-bond acceptors (Lipinski definition) is 2. The first-order valence-electron chi connectivity index (χ1n) is 8.27. The SMILES string of the molecule is Cc1ncn(CC(O)Cn2c3ccccc3c3ccccc32)c1C. The fourth-order valence-electron chi connectivity index (χ4n) is 3.42. The van der Waals surface area contributed by atoms with Gasteiger partial charge < -0.3 is 14.2 Å². The minimum atomic E-state index is -0.475. The molecule has 1 unspecified atom stereocenters. The molecule has 0 radical (unpaired) electrons. The third kappa shape index (κ3) is 2.39. The van der Waals surface area contributed by atoms with Gasteiger partial charge in [-0.25, -0.2) is 4.98 Å². The highest BCUT2D eigenvalue weighted by Gasteiger charge is 2.14. The first-order chi connectivity index (χ1) is 11.6. The Morgan fingerprint density at radius 2 is 1.50 bits per heavy atom. The number of aliphatic hydroxyl groups excluding tert-OH is 1. The van der Waals surface area contributed by atoms with Crippen LogP contribution in [-0.2, 0) is 13.1 Å². The van der Waals surface area contributed by atoms with Crippen molar-refractivity contribution < 1.29 is 5.11 Å². The number of rotatable bonds is 4. The molecule has 1 N–H and O–H groups in total. The summed E-state index contributed by atoms with van der Waals surface area (Å²) >= 11 is 0. The fraction of sp³-hybridized carbons (Fsp3) is 0.250. The minimum absolute atomic E-state index is 0.475. The van der Waals surface area contributed by atoms with E-state index in [0.29, 0.717) is 13.1 Å². The van der Waals surface area contributed by atoms with Crippen LogP contribution in [0.1, 0.15) is 11.4 Å². The van der Waals surface area contributed by atoms with Gasteiger partial charge in [-0.1, -0.05) is 36.4 Å². The normalized spacial score (nSPS) is 13.0. The van der Waals surface area contributed by atoms with Crippen LogP contribution in [0.15, 0.2) is 54.9 Å². The molecular formula is C20H21N3O. The monoisotopic (exact) mass is 319 g/mol. The Balaban J connectivity index is 1.71. The van der Waals surface area contributed by atoms with E-state index in [1.54, 1.807) is 6.33 Å². The molecule has 0 saturated heterocycles. The molecule has 0 bridgehead atoms. The van der Waals surface area contributed by atoms with E-state index in [1.807, 2.05) is 30.5 Å². The Morgan fingerprint density at radius 1 is 0.917 bits per heavy atom. The molecule has 0 aliphatic heterocycles. The Bertz CT molecular complexity index is 959. The number of para-hydroxylation sites is 2. The Labute approximate surface area is 141 Å². The van der Waals surface area contributed by atoms with E-state index in [2.05, 4.69) is 45.9 Å². The van der Waals surface area contributed by atoms with E-state index in [9.17, 15) is 5.11 Å². The number of fused-ring (bicyclic) bond motifs is 3. The lowest BCUT2D eigenvalue weighted by Gasteiger charge is -2.15. The Morgan fingerprint density at radius 3 is 2.04 bits per heavy atom. The molecule has 1 atom stereocenters. The molecule has 2 aromatic carbocycles. The number of hydrogen-bond donors (Lipinski definition) is 1. The smallest absolute Gasteiger partial charge is 0.0952 e. The quantitative estimate of drug-likeness (QED) is 0.624. The number of aryl methyl sites for hydroxylation is 1. The first kappa shape index (κ1) is 15.0. The van der Waals surface area contributed by atoms with E-state index in [-0.39, 0.29) is 0 Å². The number of imidazole rings is 1. The third-order valence-corrected chi connectivity index (χ3v) is 4.83. The molecule has 0 amide bonds. The number of aliphatic hydroxyl groups is 1. The van der Waals surface area contributed by atoms with Crippen molar-refractivity contribution in [3.8, 4) is 0 Å². The van der Waals surface area contributed by atoms with Crippen LogP contribution in [0, 0.1) is 13.8 Å². The zero-order valence-electron chi connectivity index (χ0n) is 14.0. The van der Waals surface area contributed by atoms with E-state index >= 15 is 0 Å². The Kier molecular flexibility index (Phi) is 3.62. The van der Waals surface area contributed by atoms with Gasteiger partial charge in [-0.3, -0.25) is 0 Å². The first-order valence-corrected chi connectivity index (χ1v) is 8.27. The molecule has 4 aromatic rings. The predicted octanol–water partition coefficient (Wildman–Crippen LogP) is 3.67. The lowest BCUT2D eigenvalue weighted by molar-refractivity contribution is 0.136. The molecule has 2 aromatic heterocycles. The van der Waals surface area contributed by atoms with Crippen molar-refractivity contribution in [2.75, 3.05) is 0 Å². The van der Waals surface area contributed by atoms with E-state index in [4.69, 9.17) is 0 Å². The van der Waals surface area contributed by atoms with Crippen molar-refractivity contribution in [3.05, 3.63) is 66.2 Å². The molecule has 4 heteroatoms. The summed E-state index contributed by atoms with van der Waals surface area (Å²) in [6, 6.07) is 16.7. The topological polar surface area (TPSA) is 43.0 Å². The second kappa shape index (κ2) is 5.80. The third-order valence-electron chi connectivity index (χ3n) is 4.83. The van der Waals surface area contributed by atoms with Gasteiger partial charge in [0, 0.05) is 27.5 Å². The van der Waals surface area contributed by atoms with Gasteiger partial charge in [0.2, 0.25) is 0 Å². The maximum atomic E-state index is 10.7. The van der Waals surface area contributed by atoms with Gasteiger partial charge >= 0.3 is 0 Å². The van der Waals surface area contributed by atoms with E-state index < -0.39 is 6.10 Å². The number of nitrogens with zero attached hydrogens (tertiary/aromatic N) is 3. The zero-order valence-corrected chi connectivity index (χ0v) is 14.0. The second-order valence-electron chi connectivity index (χ2n) is 6.37. The molecule has 122 valence electrons. The van der Waals surface area contributed by atoms with Crippen LogP contribution in [0.5, 0.6) is 0 Å². The summed E-state index contributed by atoms with van der Waals surface area (Å²) in [5.74, 6) is 0. The number of benzene rings is 2. The van der Waals surface area contributed by atoms with Crippen LogP contribution in [-0.4, -0.2) is 25.3 Å². The van der Waals surface area contributed by atoms with Crippen molar-refractivity contribution in [3.63, 3.8) is 0 Å². The van der Waals surface area contributed by atoms with Crippen molar-refractivity contribution in [2.24, 2.45) is 0 Å². The van der Waals surface area contributed by atoms with E-state index in [0.717, 1.165) is 22.4 Å². The molecule has 4 nitrogen and oxygen atoms in total. The van der Waals surface area contributed by atoms with Crippen molar-refractivity contribution in [2.45, 2.75) is 33.0 Å². The Hall–Kier alpha value is -2.59. The van der Waals surface area contributed by atoms with Gasteiger partial charge in [0.25, 0.3) is 0 Å². The highest BCUT2D eigenvalue weighted by atomic mass is 16.3. The van der Waals surface area contributed by atoms with Gasteiger partial charge in [0.15, 0.2) is 0 Å². The molecular weight excluding hydrogens is 298 g/mol. The van der Waals surface area contributed by atoms with Gasteiger partial charge in [0.05, 0.1) is 31.2 Å². The standard InChI is InChI=1S/C20H21N3O/c1-14-15(2)22(13-21-14)11-16(24)12-23-19-9-5-3-7-17(19)18-8-4-6-10-20(18)23/h3-10,13,16,24H,11-12H2,1-2H3. The maximum absolute atomic E-state index is 10.7. The van der Waals surface area contributed by atoms with Crippen molar-refractivity contribution in [1.29, 1.82) is 0 Å². The molecule has 24 heavy (non-hydrogen) atoms. The lowest BCUT2D eigenvalue weighted by Crippen LogP contribution is -2.22. The second-order valence-corrected chi connectivity index (χ2v) is 6.37. The van der Waals surface area contributed by atoms with Crippen LogP contribution < -0.4 is 0 Å². The molecule has 2 heterocycles. The van der Waals surface area contributed by atoms with Gasteiger partial charge in [-0.15, -0.1) is 0 Å². The summed E-state index contributed by atoms with van der Waals surface area (Å²) in [7, 11) is 0. The lowest BCUT2D eigenvalue weighted by atomic mass is 10.2. The van der Waals surface area contributed by atoms with Gasteiger partial charge in [-0.05, 0) is 26.0 Å².